The van der Waals surface area contributed by atoms with Crippen molar-refractivity contribution in [2.75, 3.05) is 12.0 Å². The highest BCUT2D eigenvalue weighted by Crippen LogP contribution is 2.13. The van der Waals surface area contributed by atoms with Crippen molar-refractivity contribution in [3.63, 3.8) is 0 Å². The molecule has 6 N–H and O–H groups in total. The van der Waals surface area contributed by atoms with E-state index in [-0.39, 0.29) is 17.0 Å². The van der Waals surface area contributed by atoms with Gasteiger partial charge in [0.2, 0.25) is 5.91 Å². The fraction of sp³-hybridized carbons (Fsp3) is 0.364. The first kappa shape index (κ1) is 15.2. The predicted octanol–water partition coefficient (Wildman–Crippen LogP) is 0.406. The SMILES string of the molecule is NNc1cc(C(=O)NCCCCC(N)=O)cc(Cl)n1. The molecule has 104 valence electrons. The molecule has 1 heterocycles. The average molecular weight is 286 g/mol. The van der Waals surface area contributed by atoms with Crippen LogP contribution in [0.1, 0.15) is 29.6 Å². The monoisotopic (exact) mass is 285 g/mol. The van der Waals surface area contributed by atoms with Crippen LogP contribution in [-0.2, 0) is 4.79 Å². The molecule has 2 amide bonds. The minimum Gasteiger partial charge on any atom is -0.370 e. The Kier molecular flexibility index (Phi) is 6.04. The summed E-state index contributed by atoms with van der Waals surface area (Å²) in [6.45, 7) is 0.456. The van der Waals surface area contributed by atoms with Crippen molar-refractivity contribution in [2.24, 2.45) is 11.6 Å². The van der Waals surface area contributed by atoms with Gasteiger partial charge < -0.3 is 16.5 Å². The number of hydrazine groups is 1. The topological polar surface area (TPSA) is 123 Å². The number of nitrogens with one attached hydrogen (secondary N) is 2. The largest absolute Gasteiger partial charge is 0.370 e. The molecule has 0 atom stereocenters. The maximum Gasteiger partial charge on any atom is 0.251 e. The van der Waals surface area contributed by atoms with Crippen LogP contribution in [0.4, 0.5) is 5.82 Å². The summed E-state index contributed by atoms with van der Waals surface area (Å²) in [4.78, 5) is 26.2. The van der Waals surface area contributed by atoms with E-state index in [0.717, 1.165) is 0 Å². The molecule has 0 bridgehead atoms. The Morgan fingerprint density at radius 1 is 1.32 bits per heavy atom. The number of nitrogens with zero attached hydrogens (tertiary/aromatic N) is 1. The maximum atomic E-state index is 11.8. The van der Waals surface area contributed by atoms with E-state index >= 15 is 0 Å². The molecule has 0 fully saturated rings. The molecule has 1 rings (SSSR count). The van der Waals surface area contributed by atoms with Gasteiger partial charge >= 0.3 is 0 Å². The van der Waals surface area contributed by atoms with Crippen molar-refractivity contribution in [3.8, 4) is 0 Å². The van der Waals surface area contributed by atoms with Gasteiger partial charge in [-0.15, -0.1) is 0 Å². The van der Waals surface area contributed by atoms with Crippen LogP contribution in [0, 0.1) is 0 Å². The molecule has 7 nitrogen and oxygen atoms in total. The number of carbonyl (C=O) groups excluding carboxylic acids is 2. The number of hydrogen-bond donors (Lipinski definition) is 4. The third-order valence-electron chi connectivity index (χ3n) is 2.34. The number of amides is 2. The molecule has 1 aromatic rings. The van der Waals surface area contributed by atoms with Gasteiger partial charge in [0.1, 0.15) is 11.0 Å². The summed E-state index contributed by atoms with van der Waals surface area (Å²) in [6, 6.07) is 2.94. The van der Waals surface area contributed by atoms with Crippen LogP contribution in [-0.4, -0.2) is 23.3 Å². The standard InChI is InChI=1S/C11H16ClN5O2/c12-8-5-7(6-10(16-8)17-14)11(19)15-4-2-1-3-9(13)18/h5-6H,1-4,14H2,(H2,13,18)(H,15,19)(H,16,17). The molecule has 0 radical (unpaired) electrons. The zero-order chi connectivity index (χ0) is 14.3. The van der Waals surface area contributed by atoms with Crippen molar-refractivity contribution >= 4 is 29.2 Å². The molecular formula is C11H16ClN5O2. The number of rotatable bonds is 7. The van der Waals surface area contributed by atoms with E-state index in [4.69, 9.17) is 23.2 Å². The van der Waals surface area contributed by atoms with Crippen molar-refractivity contribution in [1.82, 2.24) is 10.3 Å². The molecule has 0 aliphatic heterocycles. The van der Waals surface area contributed by atoms with Crippen LogP contribution >= 0.6 is 11.6 Å². The van der Waals surface area contributed by atoms with Crippen molar-refractivity contribution in [2.45, 2.75) is 19.3 Å². The normalized spacial score (nSPS) is 10.0. The number of hydrogen-bond acceptors (Lipinski definition) is 5. The third kappa shape index (κ3) is 5.54. The van der Waals surface area contributed by atoms with Gasteiger partial charge in [-0.1, -0.05) is 11.6 Å². The van der Waals surface area contributed by atoms with Gasteiger partial charge in [-0.05, 0) is 25.0 Å². The van der Waals surface area contributed by atoms with E-state index in [1.807, 2.05) is 0 Å². The highest BCUT2D eigenvalue weighted by atomic mass is 35.5. The Hall–Kier alpha value is -1.86. The third-order valence-corrected chi connectivity index (χ3v) is 2.53. The number of nitrogens with two attached hydrogens (primary N) is 2. The number of nitrogen functional groups attached to an aromatic ring is 1. The zero-order valence-corrected chi connectivity index (χ0v) is 11.0. The number of anilines is 1. The molecule has 8 heteroatoms. The fourth-order valence-electron chi connectivity index (χ4n) is 1.43. The van der Waals surface area contributed by atoms with Gasteiger partial charge in [0, 0.05) is 18.5 Å². The van der Waals surface area contributed by atoms with E-state index in [2.05, 4.69) is 15.7 Å². The van der Waals surface area contributed by atoms with Crippen molar-refractivity contribution in [3.05, 3.63) is 22.8 Å². The lowest BCUT2D eigenvalue weighted by molar-refractivity contribution is -0.118. The number of primary amides is 1. The van der Waals surface area contributed by atoms with Crippen LogP contribution in [0.25, 0.3) is 0 Å². The lowest BCUT2D eigenvalue weighted by atomic mass is 10.2. The quantitative estimate of drug-likeness (QED) is 0.250. The summed E-state index contributed by atoms with van der Waals surface area (Å²) in [7, 11) is 0. The van der Waals surface area contributed by atoms with Crippen LogP contribution < -0.4 is 22.3 Å². The fourth-order valence-corrected chi connectivity index (χ4v) is 1.64. The smallest absolute Gasteiger partial charge is 0.251 e. The molecule has 0 aliphatic carbocycles. The van der Waals surface area contributed by atoms with Gasteiger partial charge in [0.25, 0.3) is 5.91 Å². The molecular weight excluding hydrogens is 270 g/mol. The van der Waals surface area contributed by atoms with Crippen LogP contribution in [0.5, 0.6) is 0 Å². The Bertz CT molecular complexity index is 466. The van der Waals surface area contributed by atoms with E-state index in [1.165, 1.54) is 12.1 Å². The first-order chi connectivity index (χ1) is 9.02. The molecule has 0 aliphatic rings. The van der Waals surface area contributed by atoms with E-state index in [0.29, 0.717) is 37.2 Å². The van der Waals surface area contributed by atoms with Crippen molar-refractivity contribution < 1.29 is 9.59 Å². The highest BCUT2D eigenvalue weighted by Gasteiger charge is 2.08. The summed E-state index contributed by atoms with van der Waals surface area (Å²) in [5, 5.41) is 2.88. The Labute approximate surface area is 115 Å². The predicted molar refractivity (Wildman–Crippen MR) is 72.4 cm³/mol. The maximum absolute atomic E-state index is 11.8. The molecule has 0 saturated heterocycles. The van der Waals surface area contributed by atoms with Gasteiger partial charge in [-0.3, -0.25) is 9.59 Å². The number of carbonyl (C=O) groups is 2. The first-order valence-corrected chi connectivity index (χ1v) is 6.11. The second-order valence-corrected chi connectivity index (χ2v) is 4.27. The van der Waals surface area contributed by atoms with E-state index < -0.39 is 0 Å². The minimum absolute atomic E-state index is 0.175. The number of aromatic nitrogens is 1. The van der Waals surface area contributed by atoms with Crippen LogP contribution in [0.2, 0.25) is 5.15 Å². The summed E-state index contributed by atoms with van der Waals surface area (Å²) in [5.74, 6) is 4.90. The second kappa shape index (κ2) is 7.55. The molecule has 0 unspecified atom stereocenters. The summed E-state index contributed by atoms with van der Waals surface area (Å²) < 4.78 is 0. The van der Waals surface area contributed by atoms with Crippen molar-refractivity contribution in [1.29, 1.82) is 0 Å². The average Bonchev–Trinajstić information content (AvgIpc) is 2.36. The van der Waals surface area contributed by atoms with Crippen LogP contribution in [0.15, 0.2) is 12.1 Å². The Morgan fingerprint density at radius 2 is 2.05 bits per heavy atom. The van der Waals surface area contributed by atoms with E-state index in [9.17, 15) is 9.59 Å². The molecule has 0 aromatic carbocycles. The lowest BCUT2D eigenvalue weighted by Gasteiger charge is -2.07. The number of pyridine rings is 1. The summed E-state index contributed by atoms with van der Waals surface area (Å²) >= 11 is 5.75. The minimum atomic E-state index is -0.342. The molecule has 1 aromatic heterocycles. The van der Waals surface area contributed by atoms with Gasteiger partial charge in [0.15, 0.2) is 0 Å². The second-order valence-electron chi connectivity index (χ2n) is 3.89. The van der Waals surface area contributed by atoms with Gasteiger partial charge in [-0.2, -0.15) is 0 Å². The van der Waals surface area contributed by atoms with Gasteiger partial charge in [0.05, 0.1) is 0 Å². The summed E-state index contributed by atoms with van der Waals surface area (Å²) in [5.41, 5.74) is 7.70. The van der Waals surface area contributed by atoms with E-state index in [1.54, 1.807) is 0 Å². The zero-order valence-electron chi connectivity index (χ0n) is 10.3. The molecule has 0 saturated carbocycles. The number of unbranched alkanes of at least 4 members (excludes halogenated alkanes) is 1. The van der Waals surface area contributed by atoms with Crippen LogP contribution in [0.3, 0.4) is 0 Å². The summed E-state index contributed by atoms with van der Waals surface area (Å²) in [6.07, 6.45) is 1.63. The Morgan fingerprint density at radius 3 is 2.68 bits per heavy atom. The highest BCUT2D eigenvalue weighted by molar-refractivity contribution is 6.29. The molecule has 19 heavy (non-hydrogen) atoms. The first-order valence-electron chi connectivity index (χ1n) is 5.73. The lowest BCUT2D eigenvalue weighted by Crippen LogP contribution is -2.25. The van der Waals surface area contributed by atoms with Gasteiger partial charge in [-0.25, -0.2) is 10.8 Å². The Balaban J connectivity index is 2.45. The number of halogens is 1. The molecule has 0 spiro atoms.